The molecule has 124 valence electrons. The van der Waals surface area contributed by atoms with Gasteiger partial charge in [-0.1, -0.05) is 18.2 Å². The zero-order valence-electron chi connectivity index (χ0n) is 13.8. The van der Waals surface area contributed by atoms with Crippen LogP contribution in [-0.2, 0) is 4.79 Å². The summed E-state index contributed by atoms with van der Waals surface area (Å²) in [6.07, 6.45) is 2.49. The van der Waals surface area contributed by atoms with E-state index in [0.29, 0.717) is 31.6 Å². The van der Waals surface area contributed by atoms with Crippen molar-refractivity contribution in [3.63, 3.8) is 0 Å². The second-order valence-corrected chi connectivity index (χ2v) is 6.78. The molecule has 1 aromatic carbocycles. The van der Waals surface area contributed by atoms with Gasteiger partial charge < -0.3 is 15.1 Å². The van der Waals surface area contributed by atoms with Crippen LogP contribution in [0.3, 0.4) is 0 Å². The molecule has 1 atom stereocenters. The lowest BCUT2D eigenvalue weighted by Gasteiger charge is -2.32. The van der Waals surface area contributed by atoms with E-state index in [9.17, 15) is 9.59 Å². The number of quaternary nitrogens is 1. The molecule has 2 fully saturated rings. The van der Waals surface area contributed by atoms with E-state index in [4.69, 9.17) is 0 Å². The van der Waals surface area contributed by atoms with Gasteiger partial charge in [0.2, 0.25) is 0 Å². The average Bonchev–Trinajstić information content (AvgIpc) is 3.40. The molecule has 1 heterocycles. The van der Waals surface area contributed by atoms with Crippen molar-refractivity contribution in [1.29, 1.82) is 0 Å². The number of amides is 2. The van der Waals surface area contributed by atoms with Crippen LogP contribution in [-0.4, -0.2) is 55.5 Å². The summed E-state index contributed by atoms with van der Waals surface area (Å²) in [6.45, 7) is 5.72. The number of hydrogen-bond donors (Lipinski definition) is 2. The van der Waals surface area contributed by atoms with E-state index in [1.807, 2.05) is 35.2 Å². The number of nitrogens with one attached hydrogen (secondary N) is 2. The maximum atomic E-state index is 12.4. The molecule has 1 saturated heterocycles. The first-order valence-corrected chi connectivity index (χ1v) is 8.61. The van der Waals surface area contributed by atoms with Crippen LogP contribution >= 0.6 is 0 Å². The Morgan fingerprint density at radius 1 is 1.22 bits per heavy atom. The van der Waals surface area contributed by atoms with Crippen LogP contribution in [0.4, 0.5) is 0 Å². The topological polar surface area (TPSA) is 53.9 Å². The van der Waals surface area contributed by atoms with Gasteiger partial charge in [0.15, 0.2) is 6.54 Å². The second-order valence-electron chi connectivity index (χ2n) is 6.78. The minimum Gasteiger partial charge on any atom is -0.348 e. The number of carbonyl (C=O) groups excluding carboxylic acids is 2. The Morgan fingerprint density at radius 3 is 2.48 bits per heavy atom. The maximum absolute atomic E-state index is 12.4. The largest absolute Gasteiger partial charge is 0.348 e. The van der Waals surface area contributed by atoms with Crippen LogP contribution < -0.4 is 10.2 Å². The smallest absolute Gasteiger partial charge is 0.275 e. The highest BCUT2D eigenvalue weighted by molar-refractivity contribution is 5.94. The fraction of sp³-hybridized carbons (Fsp3) is 0.556. The molecule has 5 heteroatoms. The highest BCUT2D eigenvalue weighted by Gasteiger charge is 2.30. The van der Waals surface area contributed by atoms with Gasteiger partial charge in [0.05, 0.1) is 26.2 Å². The lowest BCUT2D eigenvalue weighted by Crippen LogP contribution is -3.15. The predicted octanol–water partition coefficient (Wildman–Crippen LogP) is -0.0580. The van der Waals surface area contributed by atoms with Crippen molar-refractivity contribution in [2.75, 3.05) is 32.7 Å². The van der Waals surface area contributed by atoms with E-state index in [1.54, 1.807) is 0 Å². The van der Waals surface area contributed by atoms with Gasteiger partial charge in [0.25, 0.3) is 11.8 Å². The Hall–Kier alpha value is -1.88. The fourth-order valence-corrected chi connectivity index (χ4v) is 3.21. The Morgan fingerprint density at radius 2 is 1.87 bits per heavy atom. The van der Waals surface area contributed by atoms with E-state index >= 15 is 0 Å². The standard InChI is InChI=1S/C18H25N3O2/c1-14(15-7-8-15)19-17(22)13-20-9-11-21(12-10-20)18(23)16-5-3-2-4-6-16/h2-6,14-15H,7-13H2,1H3,(H,19,22)/p+1/t14-/m1/s1. The van der Waals surface area contributed by atoms with Gasteiger partial charge in [-0.05, 0) is 37.8 Å². The van der Waals surface area contributed by atoms with Crippen molar-refractivity contribution in [3.8, 4) is 0 Å². The molecule has 0 aromatic heterocycles. The average molecular weight is 316 g/mol. The SMILES string of the molecule is C[C@@H](NC(=O)C[NH+]1CCN(C(=O)c2ccccc2)CC1)C1CC1. The molecule has 0 unspecified atom stereocenters. The normalized spacial score (nSPS) is 20.1. The quantitative estimate of drug-likeness (QED) is 0.800. The third-order valence-corrected chi connectivity index (χ3v) is 4.91. The number of hydrogen-bond acceptors (Lipinski definition) is 2. The molecule has 2 N–H and O–H groups in total. The lowest BCUT2D eigenvalue weighted by molar-refractivity contribution is -0.896. The molecule has 1 aliphatic carbocycles. The molecule has 3 rings (SSSR count). The molecule has 23 heavy (non-hydrogen) atoms. The van der Waals surface area contributed by atoms with Crippen molar-refractivity contribution in [3.05, 3.63) is 35.9 Å². The number of nitrogens with zero attached hydrogens (tertiary/aromatic N) is 1. The molecular weight excluding hydrogens is 290 g/mol. The second kappa shape index (κ2) is 7.13. The Kier molecular flexibility index (Phi) is 4.96. The highest BCUT2D eigenvalue weighted by atomic mass is 16.2. The van der Waals surface area contributed by atoms with Crippen LogP contribution in [0.25, 0.3) is 0 Å². The first-order valence-electron chi connectivity index (χ1n) is 8.61. The predicted molar refractivity (Wildman–Crippen MR) is 88.2 cm³/mol. The van der Waals surface area contributed by atoms with Crippen LogP contribution in [0.15, 0.2) is 30.3 Å². The van der Waals surface area contributed by atoms with Gasteiger partial charge in [-0.3, -0.25) is 9.59 Å². The van der Waals surface area contributed by atoms with Crippen molar-refractivity contribution in [1.82, 2.24) is 10.2 Å². The third-order valence-electron chi connectivity index (χ3n) is 4.91. The van der Waals surface area contributed by atoms with Crippen molar-refractivity contribution >= 4 is 11.8 Å². The molecular formula is C18H26N3O2+. The van der Waals surface area contributed by atoms with Gasteiger partial charge in [-0.2, -0.15) is 0 Å². The minimum absolute atomic E-state index is 0.0939. The molecule has 0 radical (unpaired) electrons. The summed E-state index contributed by atoms with van der Waals surface area (Å²) in [5.74, 6) is 0.924. The van der Waals surface area contributed by atoms with E-state index < -0.39 is 0 Å². The van der Waals surface area contributed by atoms with Gasteiger partial charge in [-0.15, -0.1) is 0 Å². The van der Waals surface area contributed by atoms with Gasteiger partial charge in [-0.25, -0.2) is 0 Å². The summed E-state index contributed by atoms with van der Waals surface area (Å²) < 4.78 is 0. The number of benzene rings is 1. The van der Waals surface area contributed by atoms with Crippen LogP contribution in [0.1, 0.15) is 30.1 Å². The Balaban J connectivity index is 1.43. The first kappa shape index (κ1) is 16.0. The highest BCUT2D eigenvalue weighted by Crippen LogP contribution is 2.32. The molecule has 1 saturated carbocycles. The summed E-state index contributed by atoms with van der Waals surface area (Å²) in [5.41, 5.74) is 0.743. The minimum atomic E-state index is 0.0939. The van der Waals surface area contributed by atoms with E-state index in [0.717, 1.165) is 18.7 Å². The first-order chi connectivity index (χ1) is 11.1. The summed E-state index contributed by atoms with van der Waals surface area (Å²) in [6, 6.07) is 9.71. The van der Waals surface area contributed by atoms with Gasteiger partial charge >= 0.3 is 0 Å². The Bertz CT molecular complexity index is 549. The molecule has 2 amide bonds. The van der Waals surface area contributed by atoms with E-state index in [2.05, 4.69) is 12.2 Å². The molecule has 1 aliphatic heterocycles. The summed E-state index contributed by atoms with van der Waals surface area (Å²) in [4.78, 5) is 27.6. The van der Waals surface area contributed by atoms with Crippen LogP contribution in [0.2, 0.25) is 0 Å². The van der Waals surface area contributed by atoms with Gasteiger partial charge in [0, 0.05) is 11.6 Å². The van der Waals surface area contributed by atoms with Crippen molar-refractivity contribution in [2.45, 2.75) is 25.8 Å². The number of piperazine rings is 1. The lowest BCUT2D eigenvalue weighted by atomic mass is 10.2. The fourth-order valence-electron chi connectivity index (χ4n) is 3.21. The molecule has 5 nitrogen and oxygen atoms in total. The van der Waals surface area contributed by atoms with Gasteiger partial charge in [0.1, 0.15) is 0 Å². The summed E-state index contributed by atoms with van der Waals surface area (Å²) in [5, 5.41) is 3.11. The zero-order valence-corrected chi connectivity index (χ0v) is 13.8. The van der Waals surface area contributed by atoms with Crippen molar-refractivity contribution < 1.29 is 14.5 Å². The molecule has 2 aliphatic rings. The van der Waals surface area contributed by atoms with Crippen LogP contribution in [0.5, 0.6) is 0 Å². The number of carbonyl (C=O) groups is 2. The molecule has 0 spiro atoms. The summed E-state index contributed by atoms with van der Waals surface area (Å²) >= 11 is 0. The maximum Gasteiger partial charge on any atom is 0.275 e. The van der Waals surface area contributed by atoms with E-state index in [-0.39, 0.29) is 11.8 Å². The summed E-state index contributed by atoms with van der Waals surface area (Å²) in [7, 11) is 0. The number of rotatable bonds is 5. The monoisotopic (exact) mass is 316 g/mol. The van der Waals surface area contributed by atoms with Crippen LogP contribution in [0, 0.1) is 5.92 Å². The molecule has 1 aromatic rings. The molecule has 0 bridgehead atoms. The van der Waals surface area contributed by atoms with E-state index in [1.165, 1.54) is 17.7 Å². The Labute approximate surface area is 137 Å². The zero-order chi connectivity index (χ0) is 16.2. The third kappa shape index (κ3) is 4.32. The van der Waals surface area contributed by atoms with Crippen molar-refractivity contribution in [2.24, 2.45) is 5.92 Å².